The molecule has 0 saturated heterocycles. The topological polar surface area (TPSA) is 97.7 Å². The van der Waals surface area contributed by atoms with E-state index in [1.54, 1.807) is 0 Å². The van der Waals surface area contributed by atoms with Crippen molar-refractivity contribution >= 4 is 23.5 Å². The number of esters is 1. The van der Waals surface area contributed by atoms with Crippen LogP contribution in [-0.2, 0) is 4.74 Å². The van der Waals surface area contributed by atoms with Gasteiger partial charge in [-0.25, -0.2) is 9.59 Å². The summed E-state index contributed by atoms with van der Waals surface area (Å²) >= 11 is 0. The number of aromatic carboxylic acids is 1. The zero-order valence-corrected chi connectivity index (χ0v) is 12.1. The lowest BCUT2D eigenvalue weighted by molar-refractivity contribution is 0.0599. The molecular formula is C17H12O6. The number of hydrogen-bond donors (Lipinski definition) is 1. The van der Waals surface area contributed by atoms with Crippen LogP contribution in [0.2, 0.25) is 0 Å². The summed E-state index contributed by atoms with van der Waals surface area (Å²) in [5.74, 6) is -3.16. The third-order valence-corrected chi connectivity index (χ3v) is 3.17. The average Bonchev–Trinajstić information content (AvgIpc) is 2.60. The summed E-state index contributed by atoms with van der Waals surface area (Å²) in [7, 11) is 1.24. The van der Waals surface area contributed by atoms with Gasteiger partial charge in [0.15, 0.2) is 0 Å². The zero-order valence-electron chi connectivity index (χ0n) is 12.1. The second kappa shape index (κ2) is 6.65. The number of carboxylic acids is 1. The summed E-state index contributed by atoms with van der Waals surface area (Å²) in [4.78, 5) is 46.3. The first kappa shape index (κ1) is 16.1. The van der Waals surface area contributed by atoms with E-state index in [0.717, 1.165) is 0 Å². The molecule has 0 spiro atoms. The predicted molar refractivity (Wildman–Crippen MR) is 79.8 cm³/mol. The smallest absolute Gasteiger partial charge is 0.337 e. The molecule has 0 bridgehead atoms. The number of ketones is 2. The van der Waals surface area contributed by atoms with E-state index in [-0.39, 0.29) is 22.3 Å². The highest BCUT2D eigenvalue weighted by Gasteiger charge is 2.19. The van der Waals surface area contributed by atoms with Crippen LogP contribution >= 0.6 is 0 Å². The highest BCUT2D eigenvalue weighted by molar-refractivity contribution is 6.49. The van der Waals surface area contributed by atoms with Gasteiger partial charge in [-0.05, 0) is 24.3 Å². The number of rotatable bonds is 5. The molecule has 0 unspecified atom stereocenters. The van der Waals surface area contributed by atoms with E-state index < -0.39 is 23.5 Å². The first-order chi connectivity index (χ1) is 10.9. The van der Waals surface area contributed by atoms with E-state index in [1.165, 1.54) is 55.6 Å². The van der Waals surface area contributed by atoms with Crippen molar-refractivity contribution < 1.29 is 29.0 Å². The molecule has 0 atom stereocenters. The molecule has 0 aliphatic carbocycles. The molecule has 2 aromatic carbocycles. The van der Waals surface area contributed by atoms with Gasteiger partial charge in [0.2, 0.25) is 11.6 Å². The van der Waals surface area contributed by atoms with E-state index in [2.05, 4.69) is 4.74 Å². The van der Waals surface area contributed by atoms with Crippen LogP contribution in [0.3, 0.4) is 0 Å². The van der Waals surface area contributed by atoms with Crippen LogP contribution in [0.1, 0.15) is 41.4 Å². The van der Waals surface area contributed by atoms with Crippen LogP contribution < -0.4 is 0 Å². The maximum atomic E-state index is 12.1. The van der Waals surface area contributed by atoms with Gasteiger partial charge < -0.3 is 9.84 Å². The Morgan fingerprint density at radius 3 is 1.39 bits per heavy atom. The van der Waals surface area contributed by atoms with Crippen LogP contribution in [-0.4, -0.2) is 35.7 Å². The molecule has 23 heavy (non-hydrogen) atoms. The monoisotopic (exact) mass is 312 g/mol. The second-order valence-electron chi connectivity index (χ2n) is 4.61. The lowest BCUT2D eigenvalue weighted by atomic mass is 10.00. The van der Waals surface area contributed by atoms with Gasteiger partial charge in [-0.2, -0.15) is 0 Å². The predicted octanol–water partition coefficient (Wildman–Crippen LogP) is 2.24. The fraction of sp³-hybridized carbons (Fsp3) is 0.0588. The molecular weight excluding hydrogens is 300 g/mol. The van der Waals surface area contributed by atoms with Crippen molar-refractivity contribution in [3.05, 3.63) is 70.8 Å². The molecule has 116 valence electrons. The number of ether oxygens (including phenoxy) is 1. The molecule has 0 aromatic heterocycles. The van der Waals surface area contributed by atoms with Gasteiger partial charge in [0.05, 0.1) is 18.2 Å². The van der Waals surface area contributed by atoms with E-state index in [9.17, 15) is 19.2 Å². The molecule has 2 rings (SSSR count). The third-order valence-electron chi connectivity index (χ3n) is 3.17. The molecule has 0 amide bonds. The minimum atomic E-state index is -1.12. The average molecular weight is 312 g/mol. The van der Waals surface area contributed by atoms with Gasteiger partial charge in [-0.15, -0.1) is 0 Å². The molecule has 1 N–H and O–H groups in total. The van der Waals surface area contributed by atoms with E-state index in [4.69, 9.17) is 5.11 Å². The molecule has 0 aliphatic rings. The fourth-order valence-electron chi connectivity index (χ4n) is 1.90. The van der Waals surface area contributed by atoms with Gasteiger partial charge in [-0.1, -0.05) is 24.3 Å². The maximum Gasteiger partial charge on any atom is 0.337 e. The number of hydrogen-bond acceptors (Lipinski definition) is 5. The van der Waals surface area contributed by atoms with Crippen molar-refractivity contribution in [2.75, 3.05) is 7.11 Å². The van der Waals surface area contributed by atoms with E-state index in [1.807, 2.05) is 0 Å². The Kier molecular flexibility index (Phi) is 4.66. The van der Waals surface area contributed by atoms with Gasteiger partial charge in [0, 0.05) is 11.1 Å². The Bertz CT molecular complexity index is 772. The molecule has 0 aliphatic heterocycles. The van der Waals surface area contributed by atoms with E-state index in [0.29, 0.717) is 0 Å². The summed E-state index contributed by atoms with van der Waals surface area (Å²) in [5, 5.41) is 8.80. The van der Waals surface area contributed by atoms with Crippen LogP contribution in [0.5, 0.6) is 0 Å². The number of Topliss-reactive ketones (excluding diaryl/α,β-unsaturated/α-hetero) is 2. The lowest BCUT2D eigenvalue weighted by Crippen LogP contribution is -2.15. The summed E-state index contributed by atoms with van der Waals surface area (Å²) in [5.41, 5.74) is 0.515. The molecule has 6 nitrogen and oxygen atoms in total. The van der Waals surface area contributed by atoms with Gasteiger partial charge in [0.25, 0.3) is 0 Å². The maximum absolute atomic E-state index is 12.1. The van der Waals surface area contributed by atoms with Crippen molar-refractivity contribution in [2.24, 2.45) is 0 Å². The third kappa shape index (κ3) is 3.49. The standard InChI is InChI=1S/C17H12O6/c1-23-17(22)13-8-4-11(5-9-13)15(19)14(18)10-2-6-12(7-3-10)16(20)21/h2-9H,1H3,(H,20,21). The Labute approximate surface area is 131 Å². The Balaban J connectivity index is 2.20. The molecule has 0 radical (unpaired) electrons. The Morgan fingerprint density at radius 2 is 1.04 bits per heavy atom. The highest BCUT2D eigenvalue weighted by Crippen LogP contribution is 2.11. The number of carbonyl (C=O) groups excluding carboxylic acids is 3. The highest BCUT2D eigenvalue weighted by atomic mass is 16.5. The zero-order chi connectivity index (χ0) is 17.0. The van der Waals surface area contributed by atoms with Gasteiger partial charge in [0.1, 0.15) is 0 Å². The second-order valence-corrected chi connectivity index (χ2v) is 4.61. The van der Waals surface area contributed by atoms with Crippen molar-refractivity contribution in [3.8, 4) is 0 Å². The summed E-state index contributed by atoms with van der Waals surface area (Å²) in [6.07, 6.45) is 0. The van der Waals surface area contributed by atoms with Crippen molar-refractivity contribution in [1.29, 1.82) is 0 Å². The van der Waals surface area contributed by atoms with Gasteiger partial charge >= 0.3 is 11.9 Å². The SMILES string of the molecule is COC(=O)c1ccc(C(=O)C(=O)c2ccc(C(=O)O)cc2)cc1. The minimum Gasteiger partial charge on any atom is -0.478 e. The largest absolute Gasteiger partial charge is 0.478 e. The Morgan fingerprint density at radius 1 is 0.696 bits per heavy atom. The first-order valence-electron chi connectivity index (χ1n) is 6.55. The molecule has 6 heteroatoms. The fourth-order valence-corrected chi connectivity index (χ4v) is 1.90. The summed E-state index contributed by atoms with van der Waals surface area (Å²) in [6, 6.07) is 10.6. The number of benzene rings is 2. The van der Waals surface area contributed by atoms with Crippen molar-refractivity contribution in [1.82, 2.24) is 0 Å². The van der Waals surface area contributed by atoms with Gasteiger partial charge in [-0.3, -0.25) is 9.59 Å². The van der Waals surface area contributed by atoms with Crippen molar-refractivity contribution in [2.45, 2.75) is 0 Å². The van der Waals surface area contributed by atoms with Crippen LogP contribution in [0.25, 0.3) is 0 Å². The Hall–Kier alpha value is -3.28. The van der Waals surface area contributed by atoms with Crippen LogP contribution in [0.15, 0.2) is 48.5 Å². The summed E-state index contributed by atoms with van der Waals surface area (Å²) in [6.45, 7) is 0. The summed E-state index contributed by atoms with van der Waals surface area (Å²) < 4.78 is 4.55. The van der Waals surface area contributed by atoms with Crippen LogP contribution in [0, 0.1) is 0 Å². The molecule has 0 heterocycles. The molecule has 0 saturated carbocycles. The normalized spacial score (nSPS) is 9.96. The van der Waals surface area contributed by atoms with Crippen LogP contribution in [0.4, 0.5) is 0 Å². The minimum absolute atomic E-state index is 0.0245. The number of carboxylic acid groups (broad SMARTS) is 1. The number of methoxy groups -OCH3 is 1. The first-order valence-corrected chi connectivity index (χ1v) is 6.55. The van der Waals surface area contributed by atoms with E-state index >= 15 is 0 Å². The molecule has 2 aromatic rings. The number of carbonyl (C=O) groups is 4. The van der Waals surface area contributed by atoms with Crippen molar-refractivity contribution in [3.63, 3.8) is 0 Å². The molecule has 0 fully saturated rings. The lowest BCUT2D eigenvalue weighted by Gasteiger charge is -2.03. The quantitative estimate of drug-likeness (QED) is 0.516.